The maximum atomic E-state index is 13.0. The van der Waals surface area contributed by atoms with Crippen molar-refractivity contribution < 1.29 is 26.5 Å². The summed E-state index contributed by atoms with van der Waals surface area (Å²) in [6, 6.07) is 19.0. The second kappa shape index (κ2) is 12.3. The summed E-state index contributed by atoms with van der Waals surface area (Å²) in [5.41, 5.74) is 5.49. The van der Waals surface area contributed by atoms with Gasteiger partial charge in [0.15, 0.2) is 12.4 Å². The molecule has 0 unspecified atom stereocenters. The topological polar surface area (TPSA) is 131 Å². The van der Waals surface area contributed by atoms with Gasteiger partial charge in [0.25, 0.3) is 5.91 Å². The van der Waals surface area contributed by atoms with Gasteiger partial charge in [-0.2, -0.15) is 20.3 Å². The second-order valence-electron chi connectivity index (χ2n) is 8.37. The van der Waals surface area contributed by atoms with Crippen LogP contribution in [0.1, 0.15) is 12.5 Å². The first-order valence-electron chi connectivity index (χ1n) is 11.3. The molecule has 198 valence electrons. The Balaban J connectivity index is 0.000000599. The number of aromatic nitrogens is 1. The summed E-state index contributed by atoms with van der Waals surface area (Å²) in [4.78, 5) is 15.0. The molecule has 0 atom stereocenters. The van der Waals surface area contributed by atoms with Crippen LogP contribution in [0, 0.1) is 0 Å². The van der Waals surface area contributed by atoms with Crippen molar-refractivity contribution >= 4 is 50.8 Å². The van der Waals surface area contributed by atoms with Crippen LogP contribution in [0.4, 0.5) is 22.7 Å². The van der Waals surface area contributed by atoms with E-state index < -0.39 is 10.4 Å². The Bertz CT molecular complexity index is 1480. The molecule has 0 radical (unpaired) electrons. The highest BCUT2D eigenvalue weighted by atomic mass is 32.3. The number of carbonyl (C=O) groups excluding carboxylic acids is 1. The van der Waals surface area contributed by atoms with Crippen molar-refractivity contribution in [2.75, 3.05) is 31.1 Å². The van der Waals surface area contributed by atoms with Gasteiger partial charge in [0.1, 0.15) is 7.05 Å². The molecule has 11 nitrogen and oxygen atoms in total. The first-order valence-corrected chi connectivity index (χ1v) is 12.7. The normalized spacial score (nSPS) is 14.5. The number of hydrazone groups is 1. The lowest BCUT2D eigenvalue weighted by Gasteiger charge is -2.12. The van der Waals surface area contributed by atoms with Crippen molar-refractivity contribution in [1.29, 1.82) is 0 Å². The van der Waals surface area contributed by atoms with Crippen molar-refractivity contribution in [2.45, 2.75) is 6.92 Å². The lowest BCUT2D eigenvalue weighted by Crippen LogP contribution is -2.26. The van der Waals surface area contributed by atoms with Gasteiger partial charge in [-0.05, 0) is 67.6 Å². The van der Waals surface area contributed by atoms with E-state index in [1.54, 1.807) is 0 Å². The molecule has 0 N–H and O–H groups in total. The van der Waals surface area contributed by atoms with Gasteiger partial charge in [0, 0.05) is 31.4 Å². The Hall–Kier alpha value is -4.26. The number of nitrogens with zero attached hydrogens (tertiary/aromatic N) is 6. The molecule has 0 saturated carbocycles. The van der Waals surface area contributed by atoms with Crippen molar-refractivity contribution in [1.82, 2.24) is 0 Å². The summed E-state index contributed by atoms with van der Waals surface area (Å²) in [5.74, 6) is -0.149. The fourth-order valence-corrected chi connectivity index (χ4v) is 3.32. The van der Waals surface area contributed by atoms with Gasteiger partial charge < -0.3 is 9.45 Å². The molecule has 1 amide bonds. The van der Waals surface area contributed by atoms with E-state index >= 15 is 0 Å². The summed E-state index contributed by atoms with van der Waals surface area (Å²) in [7, 11) is 2.33. The maximum Gasteiger partial charge on any atom is 0.280 e. The van der Waals surface area contributed by atoms with Crippen LogP contribution in [0.2, 0.25) is 0 Å². The molecule has 0 fully saturated rings. The zero-order valence-corrected chi connectivity index (χ0v) is 22.5. The van der Waals surface area contributed by atoms with E-state index in [4.69, 9.17) is 0 Å². The first kappa shape index (κ1) is 28.3. The van der Waals surface area contributed by atoms with Crippen LogP contribution in [0.5, 0.6) is 0 Å². The number of aryl methyl sites for hydroxylation is 1. The quantitative estimate of drug-likeness (QED) is 0.154. The number of benzene rings is 2. The minimum atomic E-state index is -4.41. The Morgan fingerprint density at radius 2 is 1.58 bits per heavy atom. The van der Waals surface area contributed by atoms with Crippen LogP contribution in [-0.2, 0) is 26.4 Å². The molecule has 0 aliphatic carbocycles. The van der Waals surface area contributed by atoms with E-state index in [2.05, 4.69) is 19.5 Å². The van der Waals surface area contributed by atoms with Gasteiger partial charge in [-0.3, -0.25) is 8.98 Å². The molecule has 1 aromatic heterocycles. The molecule has 0 spiro atoms. The second-order valence-corrected chi connectivity index (χ2v) is 9.52. The Kier molecular flexibility index (Phi) is 9.18. The fraction of sp³-hybridized carbons (Fsp3) is 0.192. The average Bonchev–Trinajstić information content (AvgIpc) is 3.16. The molecule has 0 bridgehead atoms. The SMILES string of the molecule is CC1=NN(c2ccc(N=Nc3ccc(N(C)C)cc3)cc2)C(=O)/C1=C/c1ccc[n+](C)c1.COS(=O)(=O)[O-]. The van der Waals surface area contributed by atoms with Crippen molar-refractivity contribution in [3.63, 3.8) is 0 Å². The zero-order valence-electron chi connectivity index (χ0n) is 21.6. The van der Waals surface area contributed by atoms with Crippen LogP contribution >= 0.6 is 0 Å². The third kappa shape index (κ3) is 7.87. The molecule has 3 aromatic rings. The number of pyridine rings is 1. The fourth-order valence-electron chi connectivity index (χ4n) is 3.32. The number of hydrogen-bond donors (Lipinski definition) is 0. The Morgan fingerprint density at radius 1 is 1.03 bits per heavy atom. The van der Waals surface area contributed by atoms with Crippen LogP contribution < -0.4 is 14.5 Å². The Morgan fingerprint density at radius 3 is 2.08 bits per heavy atom. The number of amides is 1. The van der Waals surface area contributed by atoms with Crippen LogP contribution in [0.3, 0.4) is 0 Å². The predicted octanol–water partition coefficient (Wildman–Crippen LogP) is 3.89. The maximum absolute atomic E-state index is 13.0. The molecule has 12 heteroatoms. The number of rotatable bonds is 6. The van der Waals surface area contributed by atoms with E-state index in [1.165, 1.54) is 5.01 Å². The molecular weight excluding hydrogens is 508 g/mol. The third-order valence-corrected chi connectivity index (χ3v) is 5.69. The third-order valence-electron chi connectivity index (χ3n) is 5.28. The van der Waals surface area contributed by atoms with Gasteiger partial charge in [-0.25, -0.2) is 13.0 Å². The molecule has 4 rings (SSSR count). The lowest BCUT2D eigenvalue weighted by molar-refractivity contribution is -0.671. The standard InChI is InChI=1S/C25H25N6O.CH4O4S/c1-18-24(16-19-6-5-15-30(4)17-19)25(32)31(28-18)23-13-9-21(10-14-23)27-26-20-7-11-22(12-8-20)29(2)3;1-5-6(2,3)4/h5-17H,1-4H3;1H3,(H,2,3,4)/q+1;/p-1/b24-16+,27-26?;. The summed E-state index contributed by atoms with van der Waals surface area (Å²) in [6.45, 7) is 1.84. The number of anilines is 2. The van der Waals surface area contributed by atoms with Crippen LogP contribution in [0.25, 0.3) is 6.08 Å². The highest BCUT2D eigenvalue weighted by molar-refractivity contribution is 7.80. The van der Waals surface area contributed by atoms with E-state index in [1.807, 2.05) is 117 Å². The number of carbonyl (C=O) groups is 1. The van der Waals surface area contributed by atoms with E-state index in [-0.39, 0.29) is 5.91 Å². The number of azo groups is 1. The van der Waals surface area contributed by atoms with Crippen LogP contribution in [0.15, 0.2) is 94.0 Å². The van der Waals surface area contributed by atoms with E-state index in [0.717, 1.165) is 24.0 Å². The minimum absolute atomic E-state index is 0.149. The van der Waals surface area contributed by atoms with Gasteiger partial charge in [0.05, 0.1) is 35.5 Å². The highest BCUT2D eigenvalue weighted by Crippen LogP contribution is 2.28. The van der Waals surface area contributed by atoms with E-state index in [9.17, 15) is 17.8 Å². The summed E-state index contributed by atoms with van der Waals surface area (Å²) >= 11 is 0. The van der Waals surface area contributed by atoms with Gasteiger partial charge in [-0.1, -0.05) is 0 Å². The number of hydrogen-bond acceptors (Lipinski definition) is 9. The average molecular weight is 537 g/mol. The lowest BCUT2D eigenvalue weighted by atomic mass is 10.1. The highest BCUT2D eigenvalue weighted by Gasteiger charge is 2.28. The minimum Gasteiger partial charge on any atom is -0.726 e. The van der Waals surface area contributed by atoms with Crippen LogP contribution in [-0.4, -0.2) is 45.8 Å². The molecule has 1 aliphatic heterocycles. The zero-order chi connectivity index (χ0) is 27.9. The van der Waals surface area contributed by atoms with Crippen molar-refractivity contribution in [3.05, 3.63) is 84.2 Å². The van der Waals surface area contributed by atoms with Gasteiger partial charge in [-0.15, -0.1) is 0 Å². The molecule has 2 aromatic carbocycles. The molecule has 38 heavy (non-hydrogen) atoms. The van der Waals surface area contributed by atoms with Crippen molar-refractivity contribution in [3.8, 4) is 0 Å². The summed E-state index contributed by atoms with van der Waals surface area (Å²) < 4.78 is 33.0. The first-order chi connectivity index (χ1) is 18.0. The van der Waals surface area contributed by atoms with Gasteiger partial charge >= 0.3 is 0 Å². The molecule has 2 heterocycles. The van der Waals surface area contributed by atoms with E-state index in [0.29, 0.717) is 22.7 Å². The summed E-state index contributed by atoms with van der Waals surface area (Å²) in [5, 5.41) is 14.4. The Labute approximate surface area is 222 Å². The smallest absolute Gasteiger partial charge is 0.280 e. The molecular formula is C26H28N6O5S. The monoisotopic (exact) mass is 536 g/mol. The predicted molar refractivity (Wildman–Crippen MR) is 144 cm³/mol. The van der Waals surface area contributed by atoms with Gasteiger partial charge in [0.2, 0.25) is 10.4 Å². The van der Waals surface area contributed by atoms with Crippen molar-refractivity contribution in [2.24, 2.45) is 22.4 Å². The summed E-state index contributed by atoms with van der Waals surface area (Å²) in [6.07, 6.45) is 5.78. The largest absolute Gasteiger partial charge is 0.726 e. The molecule has 1 aliphatic rings. The molecule has 0 saturated heterocycles.